The SMILES string of the molecule is C=CCCC(=O)NC[C@@H](OC(=O)[C@@H]1[C@@H]2CC[C@]3(O2)[C@H](C(=O)N(CC=C)CCCCC)N(CCCO)C(=O)[C@@H]13)c1ccccc1. The second kappa shape index (κ2) is 15.5. The van der Waals surface area contributed by atoms with Crippen molar-refractivity contribution in [3.8, 4) is 0 Å². The zero-order valence-electron chi connectivity index (χ0n) is 25.8. The smallest absolute Gasteiger partial charge is 0.313 e. The number of carbonyl (C=O) groups is 4. The highest BCUT2D eigenvalue weighted by Gasteiger charge is 2.75. The minimum Gasteiger partial charge on any atom is -0.455 e. The Morgan fingerprint density at radius 2 is 1.98 bits per heavy atom. The summed E-state index contributed by atoms with van der Waals surface area (Å²) in [5, 5.41) is 12.5. The first kappa shape index (κ1) is 33.4. The van der Waals surface area contributed by atoms with Gasteiger partial charge in [0.2, 0.25) is 17.7 Å². The number of amides is 3. The molecule has 0 aromatic heterocycles. The van der Waals surface area contributed by atoms with Crippen LogP contribution in [0, 0.1) is 11.8 Å². The van der Waals surface area contributed by atoms with E-state index in [-0.39, 0.29) is 43.8 Å². The third-order valence-electron chi connectivity index (χ3n) is 9.05. The average Bonchev–Trinajstić information content (AvgIpc) is 3.67. The van der Waals surface area contributed by atoms with Crippen molar-refractivity contribution in [1.82, 2.24) is 15.1 Å². The lowest BCUT2D eigenvalue weighted by Gasteiger charge is -2.36. The van der Waals surface area contributed by atoms with E-state index in [0.29, 0.717) is 44.3 Å². The standard InChI is InChI=1S/C34H47N3O7/c1-4-7-12-20-36(19-6-3)32(41)30-34-18-17-25(44-34)28(29(34)31(40)37(30)21-13-22-38)33(42)43-26(24-14-10-9-11-15-24)23-35-27(39)16-8-5-2/h5-6,9-11,14-15,25-26,28-30,38H,2-4,7-8,12-13,16-23H2,1H3,(H,35,39)/t25-,26+,28+,29+,30-,34+/m0/s1. The van der Waals surface area contributed by atoms with Crippen LogP contribution in [0.2, 0.25) is 0 Å². The molecule has 3 aliphatic rings. The molecule has 10 heteroatoms. The third kappa shape index (κ3) is 6.91. The molecule has 10 nitrogen and oxygen atoms in total. The quantitative estimate of drug-likeness (QED) is 0.149. The Morgan fingerprint density at radius 3 is 2.66 bits per heavy atom. The van der Waals surface area contributed by atoms with Crippen molar-refractivity contribution >= 4 is 23.7 Å². The fourth-order valence-corrected chi connectivity index (χ4v) is 7.00. The maximum Gasteiger partial charge on any atom is 0.313 e. The van der Waals surface area contributed by atoms with E-state index in [1.165, 1.54) is 4.90 Å². The highest BCUT2D eigenvalue weighted by Crippen LogP contribution is 2.59. The molecule has 0 unspecified atom stereocenters. The highest BCUT2D eigenvalue weighted by molar-refractivity contribution is 5.98. The van der Waals surface area contributed by atoms with E-state index in [0.717, 1.165) is 19.3 Å². The van der Waals surface area contributed by atoms with Gasteiger partial charge in [0, 0.05) is 32.7 Å². The summed E-state index contributed by atoms with van der Waals surface area (Å²) in [7, 11) is 0. The number of allylic oxidation sites excluding steroid dienone is 1. The summed E-state index contributed by atoms with van der Waals surface area (Å²) in [6.07, 6.45) is 6.92. The molecule has 44 heavy (non-hydrogen) atoms. The predicted octanol–water partition coefficient (Wildman–Crippen LogP) is 3.32. The van der Waals surface area contributed by atoms with Crippen LogP contribution in [0.15, 0.2) is 55.6 Å². The monoisotopic (exact) mass is 609 g/mol. The number of likely N-dealkylation sites (tertiary alicyclic amines) is 1. The number of aliphatic hydroxyl groups excluding tert-OH is 1. The first-order valence-electron chi connectivity index (χ1n) is 15.9. The summed E-state index contributed by atoms with van der Waals surface area (Å²) < 4.78 is 12.6. The zero-order valence-corrected chi connectivity index (χ0v) is 25.8. The Bertz CT molecular complexity index is 1190. The number of fused-ring (bicyclic) bond motifs is 1. The second-order valence-corrected chi connectivity index (χ2v) is 11.9. The molecule has 6 atom stereocenters. The van der Waals surface area contributed by atoms with Crippen LogP contribution in [0.3, 0.4) is 0 Å². The van der Waals surface area contributed by atoms with Gasteiger partial charge in [-0.15, -0.1) is 13.2 Å². The molecule has 0 aliphatic carbocycles. The summed E-state index contributed by atoms with van der Waals surface area (Å²) in [6.45, 7) is 10.6. The van der Waals surface area contributed by atoms with E-state index >= 15 is 0 Å². The number of hydrogen-bond donors (Lipinski definition) is 2. The van der Waals surface area contributed by atoms with E-state index in [4.69, 9.17) is 9.47 Å². The third-order valence-corrected chi connectivity index (χ3v) is 9.05. The molecule has 2 N–H and O–H groups in total. The van der Waals surface area contributed by atoms with Gasteiger partial charge in [-0.1, -0.05) is 62.2 Å². The molecule has 1 aromatic carbocycles. The van der Waals surface area contributed by atoms with Crippen LogP contribution in [0.4, 0.5) is 0 Å². The Hall–Kier alpha value is -3.50. The van der Waals surface area contributed by atoms with Crippen molar-refractivity contribution in [3.63, 3.8) is 0 Å². The van der Waals surface area contributed by atoms with Gasteiger partial charge >= 0.3 is 5.97 Å². The van der Waals surface area contributed by atoms with Gasteiger partial charge in [-0.25, -0.2) is 0 Å². The van der Waals surface area contributed by atoms with E-state index in [1.54, 1.807) is 17.1 Å². The molecule has 3 aliphatic heterocycles. The molecule has 1 aromatic rings. The van der Waals surface area contributed by atoms with Crippen molar-refractivity contribution in [2.45, 2.75) is 82.1 Å². The van der Waals surface area contributed by atoms with Gasteiger partial charge in [0.1, 0.15) is 17.7 Å². The van der Waals surface area contributed by atoms with Crippen molar-refractivity contribution in [1.29, 1.82) is 0 Å². The van der Waals surface area contributed by atoms with Crippen LogP contribution in [0.1, 0.15) is 70.0 Å². The van der Waals surface area contributed by atoms with Crippen LogP contribution in [0.25, 0.3) is 0 Å². The summed E-state index contributed by atoms with van der Waals surface area (Å²) in [5.41, 5.74) is -0.435. The van der Waals surface area contributed by atoms with Crippen molar-refractivity contribution in [3.05, 3.63) is 61.2 Å². The van der Waals surface area contributed by atoms with Crippen molar-refractivity contribution in [2.75, 3.05) is 32.8 Å². The highest BCUT2D eigenvalue weighted by atomic mass is 16.6. The fraction of sp³-hybridized carbons (Fsp3) is 0.588. The summed E-state index contributed by atoms with van der Waals surface area (Å²) >= 11 is 0. The lowest BCUT2D eigenvalue weighted by molar-refractivity contribution is -0.160. The molecule has 2 bridgehead atoms. The topological polar surface area (TPSA) is 125 Å². The molecule has 0 radical (unpaired) electrons. The number of aliphatic hydroxyl groups is 1. The molecule has 3 heterocycles. The minimum atomic E-state index is -1.15. The number of ether oxygens (including phenoxy) is 2. The van der Waals surface area contributed by atoms with Gasteiger partial charge in [-0.3, -0.25) is 19.2 Å². The molecule has 240 valence electrons. The lowest BCUT2D eigenvalue weighted by Crippen LogP contribution is -2.56. The number of esters is 1. The maximum absolute atomic E-state index is 14.2. The number of nitrogens with one attached hydrogen (secondary N) is 1. The second-order valence-electron chi connectivity index (χ2n) is 11.9. The van der Waals surface area contributed by atoms with Crippen LogP contribution in [0.5, 0.6) is 0 Å². The van der Waals surface area contributed by atoms with Gasteiger partial charge in [0.25, 0.3) is 0 Å². The molecular formula is C34H47N3O7. The molecular weight excluding hydrogens is 562 g/mol. The number of unbranched alkanes of at least 4 members (excludes halogenated alkanes) is 2. The Labute approximate surface area is 260 Å². The Kier molecular flexibility index (Phi) is 11.7. The van der Waals surface area contributed by atoms with Crippen molar-refractivity contribution in [2.24, 2.45) is 11.8 Å². The van der Waals surface area contributed by atoms with Crippen LogP contribution < -0.4 is 5.32 Å². The molecule has 0 saturated carbocycles. The normalized spacial score (nSPS) is 25.8. The first-order valence-corrected chi connectivity index (χ1v) is 15.9. The van der Waals surface area contributed by atoms with Crippen molar-refractivity contribution < 1.29 is 33.8 Å². The van der Waals surface area contributed by atoms with Crippen LogP contribution in [-0.4, -0.2) is 89.1 Å². The summed E-state index contributed by atoms with van der Waals surface area (Å²) in [5.74, 6) is -3.05. The molecule has 1 spiro atoms. The molecule has 4 rings (SSSR count). The number of carbonyl (C=O) groups excluding carboxylic acids is 4. The lowest BCUT2D eigenvalue weighted by atomic mass is 9.70. The Morgan fingerprint density at radius 1 is 1.20 bits per heavy atom. The summed E-state index contributed by atoms with van der Waals surface area (Å²) in [4.78, 5) is 57.9. The fourth-order valence-electron chi connectivity index (χ4n) is 7.00. The van der Waals surface area contributed by atoms with Gasteiger partial charge in [0.15, 0.2) is 0 Å². The number of benzene rings is 1. The molecule has 3 amide bonds. The molecule has 3 saturated heterocycles. The van der Waals surface area contributed by atoms with Crippen LogP contribution in [-0.2, 0) is 28.7 Å². The summed E-state index contributed by atoms with van der Waals surface area (Å²) in [6, 6.07) is 8.26. The minimum absolute atomic E-state index is 0.0751. The van der Waals surface area contributed by atoms with Gasteiger partial charge in [-0.2, -0.15) is 0 Å². The maximum atomic E-state index is 14.2. The predicted molar refractivity (Wildman–Crippen MR) is 165 cm³/mol. The average molecular weight is 610 g/mol. The van der Waals surface area contributed by atoms with Gasteiger partial charge in [-0.05, 0) is 37.7 Å². The first-order chi connectivity index (χ1) is 21.3. The van der Waals surface area contributed by atoms with E-state index in [9.17, 15) is 24.3 Å². The number of nitrogens with zero attached hydrogens (tertiary/aromatic N) is 2. The zero-order chi connectivity index (χ0) is 31.7. The van der Waals surface area contributed by atoms with Gasteiger partial charge in [0.05, 0.1) is 24.5 Å². The molecule has 3 fully saturated rings. The van der Waals surface area contributed by atoms with Crippen LogP contribution >= 0.6 is 0 Å². The number of hydrogen-bond acceptors (Lipinski definition) is 7. The largest absolute Gasteiger partial charge is 0.455 e. The van der Waals surface area contributed by atoms with Gasteiger partial charge < -0.3 is 29.7 Å². The van der Waals surface area contributed by atoms with E-state index < -0.39 is 41.7 Å². The number of rotatable bonds is 18. The van der Waals surface area contributed by atoms with E-state index in [2.05, 4.69) is 25.4 Å². The van der Waals surface area contributed by atoms with E-state index in [1.807, 2.05) is 30.3 Å². The Balaban J connectivity index is 1.60.